The first kappa shape index (κ1) is 17.8. The summed E-state index contributed by atoms with van der Waals surface area (Å²) in [5, 5.41) is 4.59. The Hall–Kier alpha value is -2.60. The summed E-state index contributed by atoms with van der Waals surface area (Å²) in [5.74, 6) is 0.857. The van der Waals surface area contributed by atoms with Crippen LogP contribution in [0, 0.1) is 13.8 Å². The van der Waals surface area contributed by atoms with Crippen molar-refractivity contribution in [2.75, 3.05) is 25.0 Å². The molecule has 1 fully saturated rings. The highest BCUT2D eigenvalue weighted by Crippen LogP contribution is 2.27. The number of pyridine rings is 2. The smallest absolute Gasteiger partial charge is 0.165 e. The number of likely N-dealkylation sites (tertiary alicyclic amines) is 1. The summed E-state index contributed by atoms with van der Waals surface area (Å²) in [6.45, 7) is 7.13. The van der Waals surface area contributed by atoms with Crippen LogP contribution in [0.3, 0.4) is 0 Å². The van der Waals surface area contributed by atoms with Crippen LogP contribution >= 0.6 is 0 Å². The molecule has 0 saturated carbocycles. The monoisotopic (exact) mass is 362 g/mol. The van der Waals surface area contributed by atoms with Crippen LogP contribution in [0.15, 0.2) is 36.9 Å². The molecule has 6 heteroatoms. The Kier molecular flexibility index (Phi) is 5.25. The van der Waals surface area contributed by atoms with Gasteiger partial charge in [0.1, 0.15) is 12.1 Å². The molecule has 0 aliphatic carbocycles. The molecule has 1 aliphatic heterocycles. The normalized spacial score (nSPS) is 16.4. The van der Waals surface area contributed by atoms with E-state index < -0.39 is 0 Å². The quantitative estimate of drug-likeness (QED) is 0.747. The highest BCUT2D eigenvalue weighted by Gasteiger charge is 2.23. The lowest BCUT2D eigenvalue weighted by Crippen LogP contribution is -2.37. The number of nitrogens with zero attached hydrogens (tertiary/aromatic N) is 5. The van der Waals surface area contributed by atoms with Crippen LogP contribution in [0.4, 0.5) is 5.82 Å². The Bertz CT molecular complexity index is 905. The third-order valence-corrected chi connectivity index (χ3v) is 5.29. The van der Waals surface area contributed by atoms with Gasteiger partial charge in [0.2, 0.25) is 0 Å². The third-order valence-electron chi connectivity index (χ3n) is 5.29. The van der Waals surface area contributed by atoms with Gasteiger partial charge in [-0.25, -0.2) is 15.0 Å². The van der Waals surface area contributed by atoms with Gasteiger partial charge in [0.15, 0.2) is 5.65 Å². The number of aryl methyl sites for hydroxylation is 2. The Labute approximate surface area is 160 Å². The van der Waals surface area contributed by atoms with Crippen LogP contribution < -0.4 is 5.32 Å². The van der Waals surface area contributed by atoms with Gasteiger partial charge >= 0.3 is 0 Å². The van der Waals surface area contributed by atoms with E-state index in [1.54, 1.807) is 6.33 Å². The fraction of sp³-hybridized carbons (Fsp3) is 0.429. The Balaban J connectivity index is 1.62. The SMILES string of the molecule is Cc1cc(C)c2c(NCC(c3cccnc3)N3CCCCC3)ncnc2n1. The molecular formula is C21H26N6. The van der Waals surface area contributed by atoms with E-state index in [1.165, 1.54) is 24.8 Å². The van der Waals surface area contributed by atoms with Gasteiger partial charge in [0.25, 0.3) is 0 Å². The molecule has 3 aromatic rings. The molecule has 27 heavy (non-hydrogen) atoms. The zero-order valence-corrected chi connectivity index (χ0v) is 16.0. The number of hydrogen-bond donors (Lipinski definition) is 1. The van der Waals surface area contributed by atoms with Crippen molar-refractivity contribution in [2.24, 2.45) is 0 Å². The third kappa shape index (κ3) is 3.90. The zero-order chi connectivity index (χ0) is 18.6. The van der Waals surface area contributed by atoms with Crippen molar-refractivity contribution in [3.63, 3.8) is 0 Å². The molecule has 0 amide bonds. The lowest BCUT2D eigenvalue weighted by atomic mass is 10.0. The molecule has 1 aliphatic rings. The minimum Gasteiger partial charge on any atom is -0.367 e. The van der Waals surface area contributed by atoms with E-state index in [9.17, 15) is 0 Å². The maximum absolute atomic E-state index is 4.56. The summed E-state index contributed by atoms with van der Waals surface area (Å²) in [6, 6.07) is 6.55. The number of hydrogen-bond acceptors (Lipinski definition) is 6. The van der Waals surface area contributed by atoms with Crippen LogP contribution in [-0.2, 0) is 0 Å². The van der Waals surface area contributed by atoms with E-state index in [2.05, 4.69) is 49.2 Å². The van der Waals surface area contributed by atoms with Gasteiger partial charge in [0.05, 0.1) is 11.4 Å². The predicted molar refractivity (Wildman–Crippen MR) is 108 cm³/mol. The van der Waals surface area contributed by atoms with Crippen molar-refractivity contribution in [1.82, 2.24) is 24.8 Å². The van der Waals surface area contributed by atoms with E-state index in [0.717, 1.165) is 47.7 Å². The Morgan fingerprint density at radius 1 is 1.15 bits per heavy atom. The van der Waals surface area contributed by atoms with Crippen molar-refractivity contribution >= 4 is 16.9 Å². The summed E-state index contributed by atoms with van der Waals surface area (Å²) in [6.07, 6.45) is 9.25. The first-order valence-electron chi connectivity index (χ1n) is 9.69. The number of fused-ring (bicyclic) bond motifs is 1. The van der Waals surface area contributed by atoms with E-state index in [-0.39, 0.29) is 6.04 Å². The number of rotatable bonds is 5. The van der Waals surface area contributed by atoms with E-state index in [0.29, 0.717) is 0 Å². The molecule has 4 heterocycles. The molecule has 0 spiro atoms. The molecule has 140 valence electrons. The molecule has 0 bridgehead atoms. The molecular weight excluding hydrogens is 336 g/mol. The minimum atomic E-state index is 0.280. The highest BCUT2D eigenvalue weighted by molar-refractivity contribution is 5.89. The van der Waals surface area contributed by atoms with Gasteiger partial charge in [-0.05, 0) is 63.0 Å². The summed E-state index contributed by atoms with van der Waals surface area (Å²) in [5.41, 5.74) is 4.12. The molecule has 1 N–H and O–H groups in total. The average molecular weight is 362 g/mol. The molecule has 1 atom stereocenters. The second-order valence-electron chi connectivity index (χ2n) is 7.28. The number of anilines is 1. The van der Waals surface area contributed by atoms with Crippen molar-refractivity contribution in [3.8, 4) is 0 Å². The topological polar surface area (TPSA) is 66.8 Å². The summed E-state index contributed by atoms with van der Waals surface area (Å²) >= 11 is 0. The number of aromatic nitrogens is 4. The van der Waals surface area contributed by atoms with Crippen molar-refractivity contribution in [1.29, 1.82) is 0 Å². The number of piperidine rings is 1. The van der Waals surface area contributed by atoms with Gasteiger partial charge in [-0.1, -0.05) is 12.5 Å². The van der Waals surface area contributed by atoms with Crippen molar-refractivity contribution in [2.45, 2.75) is 39.2 Å². The first-order chi connectivity index (χ1) is 13.2. The molecule has 0 radical (unpaired) electrons. The van der Waals surface area contributed by atoms with Gasteiger partial charge < -0.3 is 5.32 Å². The lowest BCUT2D eigenvalue weighted by molar-refractivity contribution is 0.170. The molecule has 4 rings (SSSR count). The molecule has 3 aromatic heterocycles. The summed E-state index contributed by atoms with van der Waals surface area (Å²) in [4.78, 5) is 20.3. The largest absolute Gasteiger partial charge is 0.367 e. The fourth-order valence-corrected chi connectivity index (χ4v) is 4.00. The second-order valence-corrected chi connectivity index (χ2v) is 7.28. The molecule has 1 saturated heterocycles. The maximum atomic E-state index is 4.56. The number of nitrogens with one attached hydrogen (secondary N) is 1. The maximum Gasteiger partial charge on any atom is 0.165 e. The lowest BCUT2D eigenvalue weighted by Gasteiger charge is -2.35. The average Bonchev–Trinajstić information content (AvgIpc) is 2.69. The minimum absolute atomic E-state index is 0.280. The van der Waals surface area contributed by atoms with Crippen molar-refractivity contribution in [3.05, 3.63) is 53.7 Å². The molecule has 1 unspecified atom stereocenters. The molecule has 6 nitrogen and oxygen atoms in total. The molecule has 0 aromatic carbocycles. The van der Waals surface area contributed by atoms with Gasteiger partial charge in [0, 0.05) is 24.6 Å². The summed E-state index contributed by atoms with van der Waals surface area (Å²) < 4.78 is 0. The van der Waals surface area contributed by atoms with Gasteiger partial charge in [-0.2, -0.15) is 0 Å². The van der Waals surface area contributed by atoms with Crippen LogP contribution in [-0.4, -0.2) is 44.5 Å². The van der Waals surface area contributed by atoms with Crippen LogP contribution in [0.2, 0.25) is 0 Å². The second kappa shape index (κ2) is 7.96. The van der Waals surface area contributed by atoms with E-state index in [1.807, 2.05) is 25.4 Å². The highest BCUT2D eigenvalue weighted by atomic mass is 15.2. The van der Waals surface area contributed by atoms with Crippen molar-refractivity contribution < 1.29 is 0 Å². The first-order valence-corrected chi connectivity index (χ1v) is 9.69. The zero-order valence-electron chi connectivity index (χ0n) is 16.0. The standard InChI is InChI=1S/C21H26N6/c1-15-11-16(2)26-21-19(15)20(24-14-25-21)23-13-18(17-7-6-8-22-12-17)27-9-4-3-5-10-27/h6-8,11-12,14,18H,3-5,9-10,13H2,1-2H3,(H,23,24,25,26). The Morgan fingerprint density at radius 2 is 2.00 bits per heavy atom. The van der Waals surface area contributed by atoms with Gasteiger partial charge in [-0.3, -0.25) is 9.88 Å². The van der Waals surface area contributed by atoms with Gasteiger partial charge in [-0.15, -0.1) is 0 Å². The van der Waals surface area contributed by atoms with Crippen LogP contribution in [0.5, 0.6) is 0 Å². The predicted octanol–water partition coefficient (Wildman–Crippen LogP) is 3.68. The van der Waals surface area contributed by atoms with Crippen LogP contribution in [0.1, 0.15) is 42.1 Å². The summed E-state index contributed by atoms with van der Waals surface area (Å²) in [7, 11) is 0. The van der Waals surface area contributed by atoms with E-state index >= 15 is 0 Å². The Morgan fingerprint density at radius 3 is 2.78 bits per heavy atom. The fourth-order valence-electron chi connectivity index (χ4n) is 4.00. The van der Waals surface area contributed by atoms with E-state index in [4.69, 9.17) is 0 Å². The van der Waals surface area contributed by atoms with Crippen LogP contribution in [0.25, 0.3) is 11.0 Å².